The van der Waals surface area contributed by atoms with Crippen LogP contribution in [0.1, 0.15) is 53.4 Å². The van der Waals surface area contributed by atoms with Gasteiger partial charge in [-0.05, 0) is 37.5 Å². The lowest BCUT2D eigenvalue weighted by Crippen LogP contribution is -2.62. The zero-order chi connectivity index (χ0) is 14.6. The van der Waals surface area contributed by atoms with Crippen molar-refractivity contribution in [2.45, 2.75) is 53.4 Å². The fourth-order valence-corrected chi connectivity index (χ4v) is 2.27. The number of hydrogen-bond acceptors (Lipinski definition) is 3. The van der Waals surface area contributed by atoms with E-state index in [4.69, 9.17) is 5.41 Å². The molecule has 0 aromatic rings. The summed E-state index contributed by atoms with van der Waals surface area (Å²) in [5, 5.41) is 12.8. The van der Waals surface area contributed by atoms with Gasteiger partial charge >= 0.3 is 6.03 Å². The highest BCUT2D eigenvalue weighted by Gasteiger charge is 2.46. The number of amidine groups is 1. The first-order valence-corrected chi connectivity index (χ1v) is 6.99. The molecule has 1 heterocycles. The molecule has 0 bridgehead atoms. The van der Waals surface area contributed by atoms with Crippen LogP contribution in [0.2, 0.25) is 0 Å². The summed E-state index contributed by atoms with van der Waals surface area (Å²) in [5.74, 6) is 0.674. The summed E-state index contributed by atoms with van der Waals surface area (Å²) in [5.41, 5.74) is -0.859. The highest BCUT2D eigenvalue weighted by molar-refractivity contribution is 6.20. The minimum atomic E-state index is -0.859. The van der Waals surface area contributed by atoms with E-state index < -0.39 is 11.4 Å². The van der Waals surface area contributed by atoms with Crippen molar-refractivity contribution in [3.05, 3.63) is 0 Å². The van der Waals surface area contributed by atoms with Crippen molar-refractivity contribution in [3.8, 4) is 0 Å². The predicted molar refractivity (Wildman–Crippen MR) is 75.0 cm³/mol. The van der Waals surface area contributed by atoms with Crippen molar-refractivity contribution in [2.24, 2.45) is 17.3 Å². The van der Waals surface area contributed by atoms with Crippen LogP contribution in [0, 0.1) is 22.7 Å². The Morgan fingerprint density at radius 2 is 1.47 bits per heavy atom. The maximum Gasteiger partial charge on any atom is 0.326 e. The van der Waals surface area contributed by atoms with E-state index in [1.54, 1.807) is 0 Å². The van der Waals surface area contributed by atoms with Crippen molar-refractivity contribution >= 4 is 17.8 Å². The number of nitrogens with one attached hydrogen (secondary N) is 3. The number of hydrogen-bond donors (Lipinski definition) is 3. The molecule has 0 saturated carbocycles. The molecular formula is C14H25N3O2. The van der Waals surface area contributed by atoms with Gasteiger partial charge in [0.15, 0.2) is 0 Å². The van der Waals surface area contributed by atoms with Crippen LogP contribution in [0.5, 0.6) is 0 Å². The Labute approximate surface area is 115 Å². The molecule has 5 heteroatoms. The lowest BCUT2D eigenvalue weighted by atomic mass is 9.73. The SMILES string of the molecule is CC(C)CCC1(CCC(C)C)C(=N)NC(=O)NC1=O. The van der Waals surface area contributed by atoms with Crippen LogP contribution in [0.25, 0.3) is 0 Å². The van der Waals surface area contributed by atoms with Crippen LogP contribution in [0.3, 0.4) is 0 Å². The van der Waals surface area contributed by atoms with Crippen molar-refractivity contribution < 1.29 is 9.59 Å². The third kappa shape index (κ3) is 3.78. The zero-order valence-corrected chi connectivity index (χ0v) is 12.3. The average molecular weight is 267 g/mol. The zero-order valence-electron chi connectivity index (χ0n) is 12.3. The van der Waals surface area contributed by atoms with Gasteiger partial charge in [-0.15, -0.1) is 0 Å². The highest BCUT2D eigenvalue weighted by atomic mass is 16.2. The summed E-state index contributed by atoms with van der Waals surface area (Å²) >= 11 is 0. The predicted octanol–water partition coefficient (Wildman–Crippen LogP) is 2.66. The van der Waals surface area contributed by atoms with Crippen molar-refractivity contribution in [1.82, 2.24) is 10.6 Å². The Hall–Kier alpha value is -1.39. The van der Waals surface area contributed by atoms with E-state index in [1.807, 2.05) is 0 Å². The van der Waals surface area contributed by atoms with E-state index in [1.165, 1.54) is 0 Å². The molecule has 0 aromatic heterocycles. The second-order valence-corrected chi connectivity index (χ2v) is 6.23. The van der Waals surface area contributed by atoms with Crippen LogP contribution in [-0.4, -0.2) is 17.8 Å². The Kier molecular flexibility index (Phi) is 5.09. The van der Waals surface area contributed by atoms with Gasteiger partial charge in [-0.3, -0.25) is 20.8 Å². The maximum atomic E-state index is 12.2. The first kappa shape index (κ1) is 15.7. The maximum absolute atomic E-state index is 12.2. The van der Waals surface area contributed by atoms with Gasteiger partial charge in [0.05, 0.1) is 0 Å². The lowest BCUT2D eigenvalue weighted by Gasteiger charge is -2.37. The molecule has 0 aliphatic carbocycles. The van der Waals surface area contributed by atoms with Gasteiger partial charge in [0, 0.05) is 0 Å². The van der Waals surface area contributed by atoms with Crippen molar-refractivity contribution in [1.29, 1.82) is 5.41 Å². The monoisotopic (exact) mass is 267 g/mol. The highest BCUT2D eigenvalue weighted by Crippen LogP contribution is 2.35. The normalized spacial score (nSPS) is 18.7. The van der Waals surface area contributed by atoms with Crippen LogP contribution >= 0.6 is 0 Å². The molecule has 1 rings (SSSR count). The Bertz CT molecular complexity index is 341. The lowest BCUT2D eigenvalue weighted by molar-refractivity contribution is -0.128. The third-order valence-electron chi connectivity index (χ3n) is 3.68. The van der Waals surface area contributed by atoms with E-state index in [2.05, 4.69) is 38.3 Å². The summed E-state index contributed by atoms with van der Waals surface area (Å²) in [6.07, 6.45) is 2.96. The molecule has 1 fully saturated rings. The quantitative estimate of drug-likeness (QED) is 0.691. The second kappa shape index (κ2) is 6.17. The van der Waals surface area contributed by atoms with Crippen LogP contribution in [0.15, 0.2) is 0 Å². The standard InChI is InChI=1S/C14H25N3O2/c1-9(2)5-7-14(8-6-10(3)4)11(15)16-13(19)17-12(14)18/h9-10H,5-8H2,1-4H3,(H3,15,16,17,18,19). The van der Waals surface area contributed by atoms with Crippen molar-refractivity contribution in [3.63, 3.8) is 0 Å². The van der Waals surface area contributed by atoms with E-state index in [9.17, 15) is 9.59 Å². The number of imide groups is 1. The molecule has 1 aliphatic heterocycles. The minimum absolute atomic E-state index is 0.0579. The minimum Gasteiger partial charge on any atom is -0.295 e. The number of rotatable bonds is 6. The molecule has 1 aliphatic rings. The third-order valence-corrected chi connectivity index (χ3v) is 3.68. The van der Waals surface area contributed by atoms with Gasteiger partial charge in [0.1, 0.15) is 11.3 Å². The molecule has 19 heavy (non-hydrogen) atoms. The van der Waals surface area contributed by atoms with Gasteiger partial charge in [0.2, 0.25) is 5.91 Å². The van der Waals surface area contributed by atoms with Crippen LogP contribution in [0.4, 0.5) is 4.79 Å². The molecule has 1 saturated heterocycles. The van der Waals surface area contributed by atoms with Gasteiger partial charge in [-0.1, -0.05) is 27.7 Å². The van der Waals surface area contributed by atoms with Gasteiger partial charge < -0.3 is 0 Å². The van der Waals surface area contributed by atoms with E-state index in [0.29, 0.717) is 24.7 Å². The molecule has 0 spiro atoms. The largest absolute Gasteiger partial charge is 0.326 e. The summed E-state index contributed by atoms with van der Waals surface area (Å²) in [6, 6.07) is -0.584. The molecule has 0 aromatic carbocycles. The van der Waals surface area contributed by atoms with E-state index >= 15 is 0 Å². The Morgan fingerprint density at radius 3 is 1.84 bits per heavy atom. The van der Waals surface area contributed by atoms with Gasteiger partial charge in [-0.2, -0.15) is 0 Å². The molecule has 0 unspecified atom stereocenters. The topological polar surface area (TPSA) is 82.1 Å². The van der Waals surface area contributed by atoms with Gasteiger partial charge in [-0.25, -0.2) is 4.79 Å². The summed E-state index contributed by atoms with van der Waals surface area (Å²) < 4.78 is 0. The van der Waals surface area contributed by atoms with Crippen LogP contribution in [-0.2, 0) is 4.79 Å². The van der Waals surface area contributed by atoms with Crippen molar-refractivity contribution in [2.75, 3.05) is 0 Å². The number of carbonyl (C=O) groups is 2. The molecule has 0 atom stereocenters. The summed E-state index contributed by atoms with van der Waals surface area (Å²) in [4.78, 5) is 23.5. The molecule has 108 valence electrons. The average Bonchev–Trinajstić information content (AvgIpc) is 2.26. The van der Waals surface area contributed by atoms with E-state index in [0.717, 1.165) is 12.8 Å². The fourth-order valence-electron chi connectivity index (χ4n) is 2.27. The molecular weight excluding hydrogens is 242 g/mol. The second-order valence-electron chi connectivity index (χ2n) is 6.23. The van der Waals surface area contributed by atoms with Crippen LogP contribution < -0.4 is 10.6 Å². The fraction of sp³-hybridized carbons (Fsp3) is 0.786. The summed E-state index contributed by atoms with van der Waals surface area (Å²) in [7, 11) is 0. The smallest absolute Gasteiger partial charge is 0.295 e. The Morgan fingerprint density at radius 1 is 1.00 bits per heavy atom. The molecule has 5 nitrogen and oxygen atoms in total. The van der Waals surface area contributed by atoms with Gasteiger partial charge in [0.25, 0.3) is 0 Å². The molecule has 0 radical (unpaired) electrons. The number of urea groups is 1. The number of amides is 3. The first-order valence-electron chi connectivity index (χ1n) is 6.99. The first-order chi connectivity index (χ1) is 8.78. The summed E-state index contributed by atoms with van der Waals surface area (Å²) in [6.45, 7) is 8.39. The Balaban J connectivity index is 2.91. The molecule has 3 N–H and O–H groups in total. The number of carbonyl (C=O) groups excluding carboxylic acids is 2. The molecule has 3 amide bonds. The van der Waals surface area contributed by atoms with E-state index in [-0.39, 0.29) is 11.7 Å².